The van der Waals surface area contributed by atoms with Crippen molar-refractivity contribution >= 4 is 6.41 Å². The van der Waals surface area contributed by atoms with Gasteiger partial charge in [0.15, 0.2) is 0 Å². The zero-order chi connectivity index (χ0) is 7.82. The van der Waals surface area contributed by atoms with Gasteiger partial charge in [0.1, 0.15) is 0 Å². The maximum Gasteiger partial charge on any atom is 0.209 e. The van der Waals surface area contributed by atoms with Gasteiger partial charge in [0, 0.05) is 20.6 Å². The lowest BCUT2D eigenvalue weighted by molar-refractivity contribution is -0.115. The molecule has 0 aromatic heterocycles. The van der Waals surface area contributed by atoms with E-state index in [9.17, 15) is 4.79 Å². The Kier molecular flexibility index (Phi) is 6.11. The predicted molar refractivity (Wildman–Crippen MR) is 38.6 cm³/mol. The summed E-state index contributed by atoms with van der Waals surface area (Å²) in [6.07, 6.45) is 0.750. The van der Waals surface area contributed by atoms with E-state index in [-0.39, 0.29) is 0 Å². The first-order chi connectivity index (χ1) is 4.77. The Hall–Kier alpha value is -0.610. The van der Waals surface area contributed by atoms with E-state index in [2.05, 4.69) is 5.32 Å². The molecule has 1 amide bonds. The van der Waals surface area contributed by atoms with Gasteiger partial charge in [0.25, 0.3) is 0 Å². The van der Waals surface area contributed by atoms with Crippen LogP contribution in [0.3, 0.4) is 0 Å². The zero-order valence-electron chi connectivity index (χ0n) is 6.46. The maximum atomic E-state index is 9.43. The summed E-state index contributed by atoms with van der Waals surface area (Å²) in [6.45, 7) is 2.67. The topological polar surface area (TPSA) is 41.6 Å². The van der Waals surface area contributed by atoms with Crippen molar-refractivity contribution in [3.05, 3.63) is 0 Å². The molecular formula is C6H14N2O2. The third-order valence-corrected chi connectivity index (χ3v) is 0.838. The number of ether oxygens (including phenoxy) is 1. The number of rotatable bonds is 1. The van der Waals surface area contributed by atoms with Crippen molar-refractivity contribution in [1.82, 2.24) is 10.2 Å². The van der Waals surface area contributed by atoms with Crippen LogP contribution in [0.4, 0.5) is 0 Å². The molecule has 60 valence electrons. The number of carbonyl (C=O) groups is 1. The van der Waals surface area contributed by atoms with E-state index in [0.29, 0.717) is 0 Å². The summed E-state index contributed by atoms with van der Waals surface area (Å²) < 4.78 is 4.83. The first-order valence-corrected chi connectivity index (χ1v) is 3.17. The molecule has 0 spiro atoms. The second kappa shape index (κ2) is 6.51. The second-order valence-corrected chi connectivity index (χ2v) is 2.12. The van der Waals surface area contributed by atoms with Crippen LogP contribution in [0.5, 0.6) is 0 Å². The molecule has 1 heterocycles. The molecule has 4 heteroatoms. The minimum atomic E-state index is 0.750. The zero-order valence-corrected chi connectivity index (χ0v) is 6.46. The maximum absolute atomic E-state index is 9.43. The molecule has 0 aromatic carbocycles. The summed E-state index contributed by atoms with van der Waals surface area (Å²) in [5, 5.41) is 3.00. The molecule has 1 N–H and O–H groups in total. The molecule has 1 aliphatic rings. The fourth-order valence-electron chi connectivity index (χ4n) is 0.361. The van der Waals surface area contributed by atoms with Gasteiger partial charge in [-0.05, 0) is 0 Å². The lowest BCUT2D eigenvalue weighted by Gasteiger charge is -1.93. The quantitative estimate of drug-likeness (QED) is 0.496. The van der Waals surface area contributed by atoms with Crippen LogP contribution in [0, 0.1) is 0 Å². The number of nitrogens with zero attached hydrogens (tertiary/aromatic N) is 1. The van der Waals surface area contributed by atoms with Crippen molar-refractivity contribution < 1.29 is 9.53 Å². The standard InChI is InChI=1S/2C3H7NO/c1-2-5-3-4-1;1-4(2)3-5/h4H,1-3H2;3H,1-2H3. The Morgan fingerprint density at radius 3 is 2.30 bits per heavy atom. The van der Waals surface area contributed by atoms with Gasteiger partial charge in [0.05, 0.1) is 13.3 Å². The largest absolute Gasteiger partial charge is 0.365 e. The van der Waals surface area contributed by atoms with Gasteiger partial charge in [-0.1, -0.05) is 0 Å². The fourth-order valence-corrected chi connectivity index (χ4v) is 0.361. The first kappa shape index (κ1) is 9.39. The smallest absolute Gasteiger partial charge is 0.209 e. The molecule has 0 aliphatic carbocycles. The van der Waals surface area contributed by atoms with Gasteiger partial charge in [0.2, 0.25) is 6.41 Å². The van der Waals surface area contributed by atoms with Gasteiger partial charge < -0.3 is 9.64 Å². The average molecular weight is 146 g/mol. The minimum Gasteiger partial charge on any atom is -0.365 e. The molecular weight excluding hydrogens is 132 g/mol. The molecule has 1 fully saturated rings. The number of hydrogen-bond acceptors (Lipinski definition) is 3. The Labute approximate surface area is 61.1 Å². The van der Waals surface area contributed by atoms with Crippen LogP contribution in [0.2, 0.25) is 0 Å². The van der Waals surface area contributed by atoms with Crippen LogP contribution in [0.25, 0.3) is 0 Å². The second-order valence-electron chi connectivity index (χ2n) is 2.12. The van der Waals surface area contributed by atoms with Gasteiger partial charge >= 0.3 is 0 Å². The van der Waals surface area contributed by atoms with Crippen LogP contribution >= 0.6 is 0 Å². The average Bonchev–Trinajstić information content (AvgIpc) is 2.43. The highest BCUT2D eigenvalue weighted by Gasteiger charge is 1.92. The number of hydrogen-bond donors (Lipinski definition) is 1. The van der Waals surface area contributed by atoms with Crippen molar-refractivity contribution in [2.45, 2.75) is 0 Å². The van der Waals surface area contributed by atoms with Crippen molar-refractivity contribution in [1.29, 1.82) is 0 Å². The van der Waals surface area contributed by atoms with E-state index in [0.717, 1.165) is 26.3 Å². The van der Waals surface area contributed by atoms with E-state index < -0.39 is 0 Å². The van der Waals surface area contributed by atoms with E-state index in [1.807, 2.05) is 0 Å². The van der Waals surface area contributed by atoms with Crippen LogP contribution in [-0.4, -0.2) is 45.3 Å². The Balaban J connectivity index is 0.000000162. The summed E-state index contributed by atoms with van der Waals surface area (Å²) in [5.74, 6) is 0. The van der Waals surface area contributed by atoms with Crippen molar-refractivity contribution in [2.24, 2.45) is 0 Å². The molecule has 10 heavy (non-hydrogen) atoms. The SMILES string of the molecule is C1COCN1.CN(C)C=O. The molecule has 0 radical (unpaired) electrons. The number of amides is 1. The van der Waals surface area contributed by atoms with Gasteiger partial charge in [-0.3, -0.25) is 10.1 Å². The molecule has 0 bridgehead atoms. The van der Waals surface area contributed by atoms with Crippen LogP contribution < -0.4 is 5.32 Å². The highest BCUT2D eigenvalue weighted by atomic mass is 16.5. The van der Waals surface area contributed by atoms with Gasteiger partial charge in [-0.2, -0.15) is 0 Å². The molecule has 1 saturated heterocycles. The molecule has 0 atom stereocenters. The normalized spacial score (nSPS) is 15.4. The summed E-state index contributed by atoms with van der Waals surface area (Å²) in [4.78, 5) is 10.9. The minimum absolute atomic E-state index is 0.750. The van der Waals surface area contributed by atoms with Crippen molar-refractivity contribution in [2.75, 3.05) is 34.0 Å². The highest BCUT2D eigenvalue weighted by molar-refractivity contribution is 5.45. The Bertz CT molecular complexity index is 74.2. The molecule has 1 rings (SSSR count). The third-order valence-electron chi connectivity index (χ3n) is 0.838. The Morgan fingerprint density at radius 2 is 2.20 bits per heavy atom. The van der Waals surface area contributed by atoms with E-state index in [1.54, 1.807) is 14.1 Å². The first-order valence-electron chi connectivity index (χ1n) is 3.17. The summed E-state index contributed by atoms with van der Waals surface area (Å²) in [6, 6.07) is 0. The number of nitrogens with one attached hydrogen (secondary N) is 1. The molecule has 0 saturated carbocycles. The highest BCUT2D eigenvalue weighted by Crippen LogP contribution is 1.75. The predicted octanol–water partition coefficient (Wildman–Crippen LogP) is -0.732. The van der Waals surface area contributed by atoms with Crippen LogP contribution in [0.1, 0.15) is 0 Å². The summed E-state index contributed by atoms with van der Waals surface area (Å²) >= 11 is 0. The molecule has 0 unspecified atom stereocenters. The number of carbonyl (C=O) groups excluding carboxylic acids is 1. The molecule has 4 nitrogen and oxygen atoms in total. The summed E-state index contributed by atoms with van der Waals surface area (Å²) in [7, 11) is 3.38. The molecule has 0 aromatic rings. The van der Waals surface area contributed by atoms with E-state index in [1.165, 1.54) is 4.90 Å². The monoisotopic (exact) mass is 146 g/mol. The van der Waals surface area contributed by atoms with Gasteiger partial charge in [-0.15, -0.1) is 0 Å². The third kappa shape index (κ3) is 7.39. The van der Waals surface area contributed by atoms with Crippen molar-refractivity contribution in [3.8, 4) is 0 Å². The van der Waals surface area contributed by atoms with E-state index in [4.69, 9.17) is 4.74 Å². The van der Waals surface area contributed by atoms with E-state index >= 15 is 0 Å². The Morgan fingerprint density at radius 1 is 1.60 bits per heavy atom. The fraction of sp³-hybridized carbons (Fsp3) is 0.833. The lowest BCUT2D eigenvalue weighted by atomic mass is 10.7. The van der Waals surface area contributed by atoms with Gasteiger partial charge in [-0.25, -0.2) is 0 Å². The van der Waals surface area contributed by atoms with Crippen LogP contribution in [0.15, 0.2) is 0 Å². The lowest BCUT2D eigenvalue weighted by Crippen LogP contribution is -2.06. The van der Waals surface area contributed by atoms with Crippen LogP contribution in [-0.2, 0) is 9.53 Å². The van der Waals surface area contributed by atoms with Crippen molar-refractivity contribution in [3.63, 3.8) is 0 Å². The summed E-state index contributed by atoms with van der Waals surface area (Å²) in [5.41, 5.74) is 0. The molecule has 1 aliphatic heterocycles.